The molecule has 3 aromatic rings. The van der Waals surface area contributed by atoms with Crippen LogP contribution < -0.4 is 0 Å². The highest BCUT2D eigenvalue weighted by Crippen LogP contribution is 2.29. The molecule has 0 spiro atoms. The van der Waals surface area contributed by atoms with E-state index in [4.69, 9.17) is 6.42 Å². The number of halogens is 4. The van der Waals surface area contributed by atoms with Crippen molar-refractivity contribution in [3.05, 3.63) is 82.7 Å². The normalized spacial score (nSPS) is 12.8. The summed E-state index contributed by atoms with van der Waals surface area (Å²) >= 11 is 0. The molecule has 1 aliphatic heterocycles. The molecule has 1 aliphatic rings. The van der Waals surface area contributed by atoms with Crippen LogP contribution >= 0.6 is 0 Å². The molecule has 0 amide bonds. The Bertz CT molecular complexity index is 1250. The van der Waals surface area contributed by atoms with Gasteiger partial charge in [0.05, 0.1) is 23.6 Å². The highest BCUT2D eigenvalue weighted by atomic mass is 19.4. The molecule has 1 aromatic heterocycles. The number of alkyl halides is 3. The van der Waals surface area contributed by atoms with Crippen LogP contribution in [-0.4, -0.2) is 34.0 Å². The second kappa shape index (κ2) is 7.72. The Morgan fingerprint density at radius 1 is 1.19 bits per heavy atom. The molecule has 5 nitrogen and oxygen atoms in total. The molecule has 2 aromatic carbocycles. The quantitative estimate of drug-likeness (QED) is 0.360. The number of aliphatic imine (C=N–C) groups is 1. The van der Waals surface area contributed by atoms with Crippen LogP contribution in [0.15, 0.2) is 53.8 Å². The van der Waals surface area contributed by atoms with Crippen LogP contribution in [-0.2, 0) is 11.3 Å². The summed E-state index contributed by atoms with van der Waals surface area (Å²) in [6.45, 7) is -1.87. The van der Waals surface area contributed by atoms with Gasteiger partial charge in [0.25, 0.3) is 0 Å². The molecule has 0 N–H and O–H groups in total. The monoisotopic (exact) mass is 427 g/mol. The molecule has 0 saturated heterocycles. The van der Waals surface area contributed by atoms with E-state index in [0.29, 0.717) is 22.5 Å². The van der Waals surface area contributed by atoms with E-state index < -0.39 is 24.6 Å². The number of imidazole rings is 1. The van der Waals surface area contributed by atoms with Crippen molar-refractivity contribution < 1.29 is 27.1 Å². The zero-order valence-corrected chi connectivity index (χ0v) is 15.8. The number of carbonyl (C=O) groups excluding carboxylic acids is 1. The Kier molecular flexibility index (Phi) is 5.07. The van der Waals surface area contributed by atoms with E-state index in [1.54, 1.807) is 30.3 Å². The molecular formula is C22H13F4N3O2. The van der Waals surface area contributed by atoms with Crippen molar-refractivity contribution in [2.24, 2.45) is 4.99 Å². The van der Waals surface area contributed by atoms with E-state index in [2.05, 4.69) is 20.6 Å². The first-order chi connectivity index (χ1) is 14.8. The van der Waals surface area contributed by atoms with E-state index in [-0.39, 0.29) is 23.5 Å². The predicted octanol–water partition coefficient (Wildman–Crippen LogP) is 4.06. The third kappa shape index (κ3) is 3.92. The van der Waals surface area contributed by atoms with Crippen LogP contribution in [0.2, 0.25) is 0 Å². The number of aromatic nitrogens is 2. The van der Waals surface area contributed by atoms with Gasteiger partial charge < -0.3 is 4.74 Å². The van der Waals surface area contributed by atoms with Gasteiger partial charge in [0.2, 0.25) is 0 Å². The van der Waals surface area contributed by atoms with Gasteiger partial charge in [-0.05, 0) is 30.3 Å². The smallest absolute Gasteiger partial charge is 0.422 e. The minimum absolute atomic E-state index is 0.139. The molecule has 9 heteroatoms. The summed E-state index contributed by atoms with van der Waals surface area (Å²) < 4.78 is 57.7. The minimum Gasteiger partial charge on any atom is -0.451 e. The molecule has 0 saturated carbocycles. The van der Waals surface area contributed by atoms with Crippen LogP contribution in [0.5, 0.6) is 0 Å². The summed E-state index contributed by atoms with van der Waals surface area (Å²) in [5.74, 6) is 0.777. The van der Waals surface area contributed by atoms with Crippen LogP contribution in [0.1, 0.15) is 32.9 Å². The minimum atomic E-state index is -4.67. The molecule has 0 atom stereocenters. The first-order valence-electron chi connectivity index (χ1n) is 8.99. The molecule has 4 rings (SSSR count). The number of ether oxygens (including phenoxy) is 1. The number of fused-ring (bicyclic) bond motifs is 3. The summed E-state index contributed by atoms with van der Waals surface area (Å²) in [5.41, 5.74) is 1.95. The zero-order chi connectivity index (χ0) is 22.2. The van der Waals surface area contributed by atoms with Gasteiger partial charge in [-0.25, -0.2) is 14.2 Å². The number of hydrogen-bond donors (Lipinski definition) is 0. The lowest BCUT2D eigenvalue weighted by atomic mass is 9.98. The van der Waals surface area contributed by atoms with Gasteiger partial charge in [-0.1, -0.05) is 18.1 Å². The van der Waals surface area contributed by atoms with Crippen LogP contribution in [0.4, 0.5) is 17.6 Å². The molecule has 31 heavy (non-hydrogen) atoms. The summed E-state index contributed by atoms with van der Waals surface area (Å²) in [6.07, 6.45) is 2.13. The Morgan fingerprint density at radius 3 is 2.68 bits per heavy atom. The highest BCUT2D eigenvalue weighted by molar-refractivity contribution is 6.15. The average Bonchev–Trinajstić information content (AvgIpc) is 3.09. The summed E-state index contributed by atoms with van der Waals surface area (Å²) in [5, 5.41) is 0. The third-order valence-electron chi connectivity index (χ3n) is 4.62. The molecule has 156 valence electrons. The van der Waals surface area contributed by atoms with Gasteiger partial charge in [0.1, 0.15) is 12.1 Å². The number of esters is 1. The Hall–Kier alpha value is -3.93. The Labute approximate surface area is 174 Å². The fraction of sp³-hybridized carbons (Fsp3) is 0.136. The topological polar surface area (TPSA) is 56.5 Å². The zero-order valence-electron chi connectivity index (χ0n) is 15.8. The Balaban J connectivity index is 1.85. The standard InChI is InChI=1S/C22H13F4N3O2/c1-2-13-7-8-17-15(9-13)19(14-5-3-4-6-16(14)23)27-10-18-20(28-12-29(17)18)21(30)31-11-22(24,25)26/h1,3-9,12H,10-11H2. The van der Waals surface area contributed by atoms with Crippen molar-refractivity contribution in [1.29, 1.82) is 0 Å². The highest BCUT2D eigenvalue weighted by Gasteiger charge is 2.32. The number of rotatable bonds is 3. The summed E-state index contributed by atoms with van der Waals surface area (Å²) in [4.78, 5) is 20.6. The van der Waals surface area contributed by atoms with E-state index >= 15 is 0 Å². The lowest BCUT2D eigenvalue weighted by Gasteiger charge is -2.13. The van der Waals surface area contributed by atoms with E-state index in [1.807, 2.05) is 0 Å². The lowest BCUT2D eigenvalue weighted by Crippen LogP contribution is -2.21. The maximum atomic E-state index is 14.5. The molecule has 0 unspecified atom stereocenters. The van der Waals surface area contributed by atoms with E-state index in [9.17, 15) is 22.4 Å². The molecule has 0 aliphatic carbocycles. The van der Waals surface area contributed by atoms with Crippen molar-refractivity contribution in [2.75, 3.05) is 6.61 Å². The van der Waals surface area contributed by atoms with E-state index in [1.165, 1.54) is 23.0 Å². The molecule has 0 radical (unpaired) electrons. The fourth-order valence-electron chi connectivity index (χ4n) is 3.27. The van der Waals surface area contributed by atoms with Crippen LogP contribution in [0.3, 0.4) is 0 Å². The maximum Gasteiger partial charge on any atom is 0.422 e. The molecule has 0 bridgehead atoms. The molecule has 2 heterocycles. The SMILES string of the molecule is C#Cc1ccc2c(c1)C(c1ccccc1F)=NCc1c(C(=O)OCC(F)(F)F)ncn1-2. The average molecular weight is 427 g/mol. The summed E-state index contributed by atoms with van der Waals surface area (Å²) in [7, 11) is 0. The van der Waals surface area contributed by atoms with E-state index in [0.717, 1.165) is 0 Å². The number of hydrogen-bond acceptors (Lipinski definition) is 4. The number of terminal acetylenes is 1. The molecular weight excluding hydrogens is 414 g/mol. The Morgan fingerprint density at radius 2 is 1.97 bits per heavy atom. The van der Waals surface area contributed by atoms with Crippen LogP contribution in [0.25, 0.3) is 5.69 Å². The van der Waals surface area contributed by atoms with Gasteiger partial charge >= 0.3 is 12.1 Å². The van der Waals surface area contributed by atoms with Crippen molar-refractivity contribution in [2.45, 2.75) is 12.7 Å². The van der Waals surface area contributed by atoms with Crippen molar-refractivity contribution >= 4 is 11.7 Å². The maximum absolute atomic E-state index is 14.5. The van der Waals surface area contributed by atoms with Gasteiger partial charge in [-0.3, -0.25) is 9.56 Å². The first-order valence-corrected chi connectivity index (χ1v) is 8.99. The number of nitrogens with zero attached hydrogens (tertiary/aromatic N) is 3. The van der Waals surface area contributed by atoms with Crippen molar-refractivity contribution in [1.82, 2.24) is 9.55 Å². The first kappa shape index (κ1) is 20.3. The van der Waals surface area contributed by atoms with Crippen molar-refractivity contribution in [3.8, 4) is 18.0 Å². The number of carbonyl (C=O) groups is 1. The van der Waals surface area contributed by atoms with Gasteiger partial charge in [0.15, 0.2) is 12.3 Å². The van der Waals surface area contributed by atoms with Gasteiger partial charge in [-0.15, -0.1) is 6.42 Å². The second-order valence-corrected chi connectivity index (χ2v) is 6.62. The fourth-order valence-corrected chi connectivity index (χ4v) is 3.27. The van der Waals surface area contributed by atoms with Gasteiger partial charge in [0, 0.05) is 16.7 Å². The lowest BCUT2D eigenvalue weighted by molar-refractivity contribution is -0.161. The predicted molar refractivity (Wildman–Crippen MR) is 104 cm³/mol. The molecule has 0 fully saturated rings. The van der Waals surface area contributed by atoms with Crippen molar-refractivity contribution in [3.63, 3.8) is 0 Å². The summed E-state index contributed by atoms with van der Waals surface area (Å²) in [6, 6.07) is 11.0. The van der Waals surface area contributed by atoms with Gasteiger partial charge in [-0.2, -0.15) is 13.2 Å². The second-order valence-electron chi connectivity index (χ2n) is 6.62. The number of benzene rings is 2. The third-order valence-corrected chi connectivity index (χ3v) is 4.62. The van der Waals surface area contributed by atoms with Crippen LogP contribution in [0, 0.1) is 18.2 Å². The largest absolute Gasteiger partial charge is 0.451 e.